The van der Waals surface area contributed by atoms with Gasteiger partial charge in [0.05, 0.1) is 5.56 Å². The summed E-state index contributed by atoms with van der Waals surface area (Å²) in [6.45, 7) is 3.73. The number of aromatic nitrogens is 1. The number of hydrogen-bond donors (Lipinski definition) is 1. The summed E-state index contributed by atoms with van der Waals surface area (Å²) >= 11 is 0. The predicted octanol–water partition coefficient (Wildman–Crippen LogP) is 2.86. The van der Waals surface area contributed by atoms with E-state index in [1.165, 1.54) is 0 Å². The van der Waals surface area contributed by atoms with Crippen molar-refractivity contribution in [3.05, 3.63) is 42.2 Å². The highest BCUT2D eigenvalue weighted by Gasteiger charge is 2.34. The third-order valence-corrected chi connectivity index (χ3v) is 5.10. The van der Waals surface area contributed by atoms with E-state index in [1.54, 1.807) is 12.4 Å². The minimum atomic E-state index is -0.00616. The second kappa shape index (κ2) is 6.05. The highest BCUT2D eigenvalue weighted by Crippen LogP contribution is 2.34. The van der Waals surface area contributed by atoms with Gasteiger partial charge >= 0.3 is 0 Å². The standard InChI is InChI=1S/C18H22N2O2/c1-2-18(13-21)7-9-20(10-8-18)17(22)16-12-19-11-14-5-3-4-6-15(14)16/h3-6,11-12,21H,2,7-10,13H2,1H3. The van der Waals surface area contributed by atoms with Gasteiger partial charge in [-0.25, -0.2) is 0 Å². The summed E-state index contributed by atoms with van der Waals surface area (Å²) in [4.78, 5) is 18.9. The summed E-state index contributed by atoms with van der Waals surface area (Å²) in [5, 5.41) is 11.6. The summed E-state index contributed by atoms with van der Waals surface area (Å²) in [7, 11) is 0. The minimum absolute atomic E-state index is 0.00616. The Hall–Kier alpha value is -1.94. The van der Waals surface area contributed by atoms with Crippen molar-refractivity contribution < 1.29 is 9.90 Å². The number of nitrogens with zero attached hydrogens (tertiary/aromatic N) is 2. The molecule has 1 aliphatic heterocycles. The van der Waals surface area contributed by atoms with Crippen LogP contribution in [0.25, 0.3) is 10.8 Å². The van der Waals surface area contributed by atoms with E-state index in [2.05, 4.69) is 11.9 Å². The normalized spacial score (nSPS) is 17.6. The number of carbonyl (C=O) groups excluding carboxylic acids is 1. The van der Waals surface area contributed by atoms with E-state index < -0.39 is 0 Å². The maximum absolute atomic E-state index is 12.8. The van der Waals surface area contributed by atoms with Gasteiger partial charge in [-0.3, -0.25) is 9.78 Å². The fourth-order valence-corrected chi connectivity index (χ4v) is 3.26. The number of hydrogen-bond acceptors (Lipinski definition) is 3. The molecular formula is C18H22N2O2. The molecule has 0 spiro atoms. The summed E-state index contributed by atoms with van der Waals surface area (Å²) in [5.41, 5.74) is 0.666. The summed E-state index contributed by atoms with van der Waals surface area (Å²) in [6, 6.07) is 7.85. The van der Waals surface area contributed by atoms with Crippen molar-refractivity contribution >= 4 is 16.7 Å². The molecule has 0 radical (unpaired) electrons. The van der Waals surface area contributed by atoms with Crippen LogP contribution in [-0.2, 0) is 0 Å². The SMILES string of the molecule is CCC1(CO)CCN(C(=O)c2cncc3ccccc23)CC1. The van der Waals surface area contributed by atoms with Gasteiger partial charge in [-0.2, -0.15) is 0 Å². The van der Waals surface area contributed by atoms with Crippen molar-refractivity contribution in [1.29, 1.82) is 0 Å². The molecule has 2 aromatic rings. The van der Waals surface area contributed by atoms with Crippen LogP contribution in [0, 0.1) is 5.41 Å². The average molecular weight is 298 g/mol. The summed E-state index contributed by atoms with van der Waals surface area (Å²) in [6.07, 6.45) is 6.14. The van der Waals surface area contributed by atoms with Crippen molar-refractivity contribution in [2.24, 2.45) is 5.41 Å². The van der Waals surface area contributed by atoms with Crippen LogP contribution in [0.1, 0.15) is 36.5 Å². The molecule has 0 aliphatic carbocycles. The molecule has 0 saturated carbocycles. The Morgan fingerprint density at radius 2 is 2.00 bits per heavy atom. The number of pyridine rings is 1. The Kier molecular flexibility index (Phi) is 4.12. The van der Waals surface area contributed by atoms with Gasteiger partial charge in [0.25, 0.3) is 5.91 Å². The largest absolute Gasteiger partial charge is 0.396 e. The summed E-state index contributed by atoms with van der Waals surface area (Å²) < 4.78 is 0. The van der Waals surface area contributed by atoms with Gasteiger partial charge in [-0.05, 0) is 30.1 Å². The number of rotatable bonds is 3. The highest BCUT2D eigenvalue weighted by atomic mass is 16.3. The second-order valence-electron chi connectivity index (χ2n) is 6.21. The molecule has 1 aromatic heterocycles. The van der Waals surface area contributed by atoms with Crippen LogP contribution < -0.4 is 0 Å². The number of aliphatic hydroxyl groups is 1. The molecule has 1 aromatic carbocycles. The molecule has 22 heavy (non-hydrogen) atoms. The molecule has 1 fully saturated rings. The fourth-order valence-electron chi connectivity index (χ4n) is 3.26. The second-order valence-corrected chi connectivity index (χ2v) is 6.21. The van der Waals surface area contributed by atoms with Crippen LogP contribution in [-0.4, -0.2) is 40.6 Å². The van der Waals surface area contributed by atoms with Crippen molar-refractivity contribution in [2.45, 2.75) is 26.2 Å². The summed E-state index contributed by atoms with van der Waals surface area (Å²) in [5.74, 6) is 0.0481. The van der Waals surface area contributed by atoms with Crippen LogP contribution in [0.4, 0.5) is 0 Å². The molecule has 4 heteroatoms. The lowest BCUT2D eigenvalue weighted by molar-refractivity contribution is 0.0339. The third kappa shape index (κ3) is 2.59. The molecular weight excluding hydrogens is 276 g/mol. The Bertz CT molecular complexity index is 664. The number of aliphatic hydroxyl groups excluding tert-OH is 1. The quantitative estimate of drug-likeness (QED) is 0.948. The van der Waals surface area contributed by atoms with Crippen molar-refractivity contribution in [1.82, 2.24) is 9.88 Å². The maximum Gasteiger partial charge on any atom is 0.256 e. The molecule has 1 amide bonds. The lowest BCUT2D eigenvalue weighted by atomic mass is 9.77. The van der Waals surface area contributed by atoms with Crippen molar-refractivity contribution in [3.8, 4) is 0 Å². The van der Waals surface area contributed by atoms with E-state index in [-0.39, 0.29) is 17.9 Å². The zero-order valence-electron chi connectivity index (χ0n) is 13.0. The van der Waals surface area contributed by atoms with Gasteiger partial charge < -0.3 is 10.0 Å². The smallest absolute Gasteiger partial charge is 0.256 e. The fraction of sp³-hybridized carbons (Fsp3) is 0.444. The first-order valence-corrected chi connectivity index (χ1v) is 7.92. The van der Waals surface area contributed by atoms with Crippen LogP contribution in [0.5, 0.6) is 0 Å². The van der Waals surface area contributed by atoms with Crippen LogP contribution in [0.15, 0.2) is 36.7 Å². The van der Waals surface area contributed by atoms with Crippen molar-refractivity contribution in [2.75, 3.05) is 19.7 Å². The van der Waals surface area contributed by atoms with Crippen molar-refractivity contribution in [3.63, 3.8) is 0 Å². The number of likely N-dealkylation sites (tertiary alicyclic amines) is 1. The third-order valence-electron chi connectivity index (χ3n) is 5.10. The number of piperidine rings is 1. The molecule has 1 N–H and O–H groups in total. The maximum atomic E-state index is 12.8. The molecule has 0 atom stereocenters. The lowest BCUT2D eigenvalue weighted by Gasteiger charge is -2.40. The number of carbonyl (C=O) groups is 1. The van der Waals surface area contributed by atoms with E-state index >= 15 is 0 Å². The predicted molar refractivity (Wildman–Crippen MR) is 86.7 cm³/mol. The Morgan fingerprint density at radius 1 is 1.27 bits per heavy atom. The van der Waals surface area contributed by atoms with E-state index in [1.807, 2.05) is 29.2 Å². The van der Waals surface area contributed by atoms with Gasteiger partial charge in [0.15, 0.2) is 0 Å². The van der Waals surface area contributed by atoms with E-state index in [0.717, 1.165) is 30.0 Å². The zero-order chi connectivity index (χ0) is 15.6. The van der Waals surface area contributed by atoms with E-state index in [4.69, 9.17) is 0 Å². The molecule has 1 saturated heterocycles. The molecule has 2 heterocycles. The van der Waals surface area contributed by atoms with Crippen LogP contribution in [0.2, 0.25) is 0 Å². The minimum Gasteiger partial charge on any atom is -0.396 e. The van der Waals surface area contributed by atoms with Gasteiger partial charge in [0, 0.05) is 37.5 Å². The van der Waals surface area contributed by atoms with Gasteiger partial charge in [-0.15, -0.1) is 0 Å². The molecule has 116 valence electrons. The number of benzene rings is 1. The van der Waals surface area contributed by atoms with E-state index in [0.29, 0.717) is 18.7 Å². The van der Waals surface area contributed by atoms with Crippen LogP contribution >= 0.6 is 0 Å². The first-order valence-electron chi connectivity index (χ1n) is 7.92. The Morgan fingerprint density at radius 3 is 2.68 bits per heavy atom. The highest BCUT2D eigenvalue weighted by molar-refractivity contribution is 6.06. The lowest BCUT2D eigenvalue weighted by Crippen LogP contribution is -2.44. The van der Waals surface area contributed by atoms with Gasteiger partial charge in [0.2, 0.25) is 0 Å². The topological polar surface area (TPSA) is 53.4 Å². The molecule has 1 aliphatic rings. The molecule has 0 bridgehead atoms. The average Bonchev–Trinajstić information content (AvgIpc) is 2.60. The zero-order valence-corrected chi connectivity index (χ0v) is 13.0. The first-order chi connectivity index (χ1) is 10.7. The van der Waals surface area contributed by atoms with Gasteiger partial charge in [0.1, 0.15) is 0 Å². The molecule has 3 rings (SSSR count). The Balaban J connectivity index is 1.83. The van der Waals surface area contributed by atoms with E-state index in [9.17, 15) is 9.90 Å². The van der Waals surface area contributed by atoms with Gasteiger partial charge in [-0.1, -0.05) is 31.2 Å². The first kappa shape index (κ1) is 15.0. The van der Waals surface area contributed by atoms with Crippen LogP contribution in [0.3, 0.4) is 0 Å². The Labute approximate surface area is 130 Å². The number of amides is 1. The molecule has 0 unspecified atom stereocenters. The number of fused-ring (bicyclic) bond motifs is 1. The monoisotopic (exact) mass is 298 g/mol. The molecule has 4 nitrogen and oxygen atoms in total.